The lowest BCUT2D eigenvalue weighted by atomic mass is 9.79. The summed E-state index contributed by atoms with van der Waals surface area (Å²) in [5.74, 6) is 0.473. The van der Waals surface area contributed by atoms with Gasteiger partial charge in [-0.15, -0.1) is 0 Å². The molecule has 0 saturated heterocycles. The molecular formula is C16H22ClNO2. The van der Waals surface area contributed by atoms with Crippen LogP contribution in [-0.4, -0.2) is 23.2 Å². The van der Waals surface area contributed by atoms with Crippen LogP contribution in [0.3, 0.4) is 0 Å². The third-order valence-electron chi connectivity index (χ3n) is 3.96. The molecule has 0 bridgehead atoms. The quantitative estimate of drug-likeness (QED) is 0.897. The Bertz CT molecular complexity index is 460. The molecule has 0 spiro atoms. The lowest BCUT2D eigenvalue weighted by Gasteiger charge is -2.35. The van der Waals surface area contributed by atoms with Crippen LogP contribution in [0.2, 0.25) is 5.02 Å². The highest BCUT2D eigenvalue weighted by Crippen LogP contribution is 2.31. The highest BCUT2D eigenvalue weighted by Gasteiger charge is 2.32. The molecule has 20 heavy (non-hydrogen) atoms. The molecule has 0 aliphatic heterocycles. The van der Waals surface area contributed by atoms with Gasteiger partial charge in [-0.1, -0.05) is 43.5 Å². The Labute approximate surface area is 125 Å². The number of aliphatic hydroxyl groups is 1. The molecule has 1 aliphatic rings. The molecule has 1 aromatic rings. The van der Waals surface area contributed by atoms with Gasteiger partial charge in [-0.05, 0) is 36.5 Å². The molecule has 110 valence electrons. The summed E-state index contributed by atoms with van der Waals surface area (Å²) in [4.78, 5) is 11.9. The fourth-order valence-electron chi connectivity index (χ4n) is 2.91. The minimum atomic E-state index is -0.729. The van der Waals surface area contributed by atoms with Gasteiger partial charge in [0.05, 0.1) is 12.0 Å². The van der Waals surface area contributed by atoms with E-state index in [-0.39, 0.29) is 5.91 Å². The third-order valence-corrected chi connectivity index (χ3v) is 4.21. The van der Waals surface area contributed by atoms with E-state index >= 15 is 0 Å². The fraction of sp³-hybridized carbons (Fsp3) is 0.562. The van der Waals surface area contributed by atoms with E-state index in [2.05, 4.69) is 12.2 Å². The molecule has 1 saturated carbocycles. The maximum atomic E-state index is 11.9. The largest absolute Gasteiger partial charge is 0.388 e. The number of hydrogen-bond acceptors (Lipinski definition) is 2. The second kappa shape index (κ2) is 6.59. The number of amides is 1. The Morgan fingerprint density at radius 2 is 2.15 bits per heavy atom. The first-order valence-corrected chi connectivity index (χ1v) is 7.58. The van der Waals surface area contributed by atoms with Gasteiger partial charge >= 0.3 is 0 Å². The number of carbonyl (C=O) groups is 1. The minimum absolute atomic E-state index is 0.0565. The van der Waals surface area contributed by atoms with Crippen LogP contribution in [0.4, 0.5) is 0 Å². The van der Waals surface area contributed by atoms with Crippen molar-refractivity contribution in [2.75, 3.05) is 6.54 Å². The highest BCUT2D eigenvalue weighted by atomic mass is 35.5. The highest BCUT2D eigenvalue weighted by molar-refractivity contribution is 6.30. The van der Waals surface area contributed by atoms with E-state index in [1.54, 1.807) is 12.1 Å². The minimum Gasteiger partial charge on any atom is -0.388 e. The van der Waals surface area contributed by atoms with Gasteiger partial charge < -0.3 is 10.4 Å². The van der Waals surface area contributed by atoms with Crippen molar-refractivity contribution in [1.82, 2.24) is 5.32 Å². The van der Waals surface area contributed by atoms with Crippen molar-refractivity contribution < 1.29 is 9.90 Å². The predicted molar refractivity (Wildman–Crippen MR) is 80.7 cm³/mol. The molecule has 0 aromatic heterocycles. The lowest BCUT2D eigenvalue weighted by molar-refractivity contribution is -0.122. The molecule has 2 atom stereocenters. The molecule has 4 heteroatoms. The first-order chi connectivity index (χ1) is 9.47. The Morgan fingerprint density at radius 3 is 2.80 bits per heavy atom. The summed E-state index contributed by atoms with van der Waals surface area (Å²) < 4.78 is 0. The molecule has 1 fully saturated rings. The van der Waals surface area contributed by atoms with Crippen molar-refractivity contribution in [3.8, 4) is 0 Å². The van der Waals surface area contributed by atoms with E-state index in [0.717, 1.165) is 24.8 Å². The summed E-state index contributed by atoms with van der Waals surface area (Å²) in [5.41, 5.74) is 0.198. The number of rotatable bonds is 4. The van der Waals surface area contributed by atoms with Crippen molar-refractivity contribution in [3.63, 3.8) is 0 Å². The molecule has 3 nitrogen and oxygen atoms in total. The van der Waals surface area contributed by atoms with Crippen molar-refractivity contribution in [2.24, 2.45) is 5.92 Å². The first kappa shape index (κ1) is 15.3. The van der Waals surface area contributed by atoms with Crippen LogP contribution < -0.4 is 5.32 Å². The molecule has 1 aromatic carbocycles. The predicted octanol–water partition coefficient (Wildman–Crippen LogP) is 2.94. The lowest BCUT2D eigenvalue weighted by Crippen LogP contribution is -2.46. The first-order valence-electron chi connectivity index (χ1n) is 7.20. The van der Waals surface area contributed by atoms with Crippen LogP contribution >= 0.6 is 11.6 Å². The van der Waals surface area contributed by atoms with E-state index in [1.165, 1.54) is 6.42 Å². The van der Waals surface area contributed by atoms with Gasteiger partial charge in [-0.25, -0.2) is 0 Å². The number of carbonyl (C=O) groups excluding carboxylic acids is 1. The summed E-state index contributed by atoms with van der Waals surface area (Å²) in [6.45, 7) is 2.50. The fourth-order valence-corrected chi connectivity index (χ4v) is 3.03. The van der Waals surface area contributed by atoms with Crippen LogP contribution in [0.15, 0.2) is 24.3 Å². The topological polar surface area (TPSA) is 49.3 Å². The molecule has 2 N–H and O–H groups in total. The van der Waals surface area contributed by atoms with E-state index in [0.29, 0.717) is 23.9 Å². The van der Waals surface area contributed by atoms with E-state index in [4.69, 9.17) is 11.6 Å². The normalized spacial score (nSPS) is 26.2. The summed E-state index contributed by atoms with van der Waals surface area (Å²) in [7, 11) is 0. The van der Waals surface area contributed by atoms with Crippen LogP contribution in [0.25, 0.3) is 0 Å². The number of halogens is 1. The monoisotopic (exact) mass is 295 g/mol. The molecule has 1 aliphatic carbocycles. The zero-order valence-corrected chi connectivity index (χ0v) is 12.6. The summed E-state index contributed by atoms with van der Waals surface area (Å²) in [5, 5.41) is 14.0. The standard InChI is InChI=1S/C16H22ClNO2/c1-12-3-2-8-16(20,10-12)11-18-15(19)9-13-4-6-14(17)7-5-13/h4-7,12,20H,2-3,8-11H2,1H3,(H,18,19). The van der Waals surface area contributed by atoms with Crippen LogP contribution in [0.1, 0.15) is 38.2 Å². The second-order valence-electron chi connectivity index (χ2n) is 6.01. The molecular weight excluding hydrogens is 274 g/mol. The van der Waals surface area contributed by atoms with E-state index < -0.39 is 5.60 Å². The zero-order valence-electron chi connectivity index (χ0n) is 11.9. The number of hydrogen-bond donors (Lipinski definition) is 2. The van der Waals surface area contributed by atoms with Gasteiger partial charge in [0, 0.05) is 11.6 Å². The summed E-state index contributed by atoms with van der Waals surface area (Å²) in [6, 6.07) is 7.25. The van der Waals surface area contributed by atoms with Gasteiger partial charge in [0.2, 0.25) is 5.91 Å². The number of benzene rings is 1. The Morgan fingerprint density at radius 1 is 1.45 bits per heavy atom. The maximum absolute atomic E-state index is 11.9. The molecule has 2 rings (SSSR count). The van der Waals surface area contributed by atoms with Crippen molar-refractivity contribution in [3.05, 3.63) is 34.9 Å². The summed E-state index contributed by atoms with van der Waals surface area (Å²) in [6.07, 6.45) is 4.07. The molecule has 0 radical (unpaired) electrons. The molecule has 2 unspecified atom stereocenters. The average molecular weight is 296 g/mol. The maximum Gasteiger partial charge on any atom is 0.224 e. The second-order valence-corrected chi connectivity index (χ2v) is 6.44. The number of nitrogens with one attached hydrogen (secondary N) is 1. The van der Waals surface area contributed by atoms with Gasteiger partial charge in [-0.3, -0.25) is 4.79 Å². The SMILES string of the molecule is CC1CCCC(O)(CNC(=O)Cc2ccc(Cl)cc2)C1. The van der Waals surface area contributed by atoms with E-state index in [9.17, 15) is 9.90 Å². The molecule has 0 heterocycles. The summed E-state index contributed by atoms with van der Waals surface area (Å²) >= 11 is 5.81. The van der Waals surface area contributed by atoms with Gasteiger partial charge in [-0.2, -0.15) is 0 Å². The van der Waals surface area contributed by atoms with Crippen molar-refractivity contribution >= 4 is 17.5 Å². The van der Waals surface area contributed by atoms with Gasteiger partial charge in [0.1, 0.15) is 0 Å². The van der Waals surface area contributed by atoms with Crippen molar-refractivity contribution in [2.45, 2.75) is 44.6 Å². The smallest absolute Gasteiger partial charge is 0.224 e. The third kappa shape index (κ3) is 4.50. The van der Waals surface area contributed by atoms with Crippen LogP contribution in [0, 0.1) is 5.92 Å². The van der Waals surface area contributed by atoms with Gasteiger partial charge in [0.15, 0.2) is 0 Å². The van der Waals surface area contributed by atoms with Gasteiger partial charge in [0.25, 0.3) is 0 Å². The van der Waals surface area contributed by atoms with E-state index in [1.807, 2.05) is 12.1 Å². The Balaban J connectivity index is 1.81. The Kier molecular flexibility index (Phi) is 5.06. The zero-order chi connectivity index (χ0) is 14.6. The van der Waals surface area contributed by atoms with Crippen LogP contribution in [0.5, 0.6) is 0 Å². The van der Waals surface area contributed by atoms with Crippen molar-refractivity contribution in [1.29, 1.82) is 0 Å². The average Bonchev–Trinajstić information content (AvgIpc) is 2.39. The van der Waals surface area contributed by atoms with Crippen LogP contribution in [-0.2, 0) is 11.2 Å². The Hall–Kier alpha value is -1.06. The molecule has 1 amide bonds.